The van der Waals surface area contributed by atoms with E-state index in [0.29, 0.717) is 11.5 Å². The van der Waals surface area contributed by atoms with Crippen LogP contribution in [0.25, 0.3) is 0 Å². The van der Waals surface area contributed by atoms with Crippen molar-refractivity contribution in [1.29, 1.82) is 0 Å². The van der Waals surface area contributed by atoms with Crippen LogP contribution in [0, 0.1) is 5.92 Å². The van der Waals surface area contributed by atoms with Crippen molar-refractivity contribution in [2.75, 3.05) is 18.5 Å². The molecule has 16 heavy (non-hydrogen) atoms. The molecule has 0 fully saturated rings. The van der Waals surface area contributed by atoms with E-state index in [9.17, 15) is 0 Å². The molecule has 0 saturated heterocycles. The maximum atomic E-state index is 8.51. The molecule has 88 valence electrons. The average Bonchev–Trinajstić information content (AvgIpc) is 2.27. The fraction of sp³-hybridized carbons (Fsp3) is 0.455. The fourth-order valence-corrected chi connectivity index (χ4v) is 1.46. The van der Waals surface area contributed by atoms with Gasteiger partial charge in [0.05, 0.1) is 0 Å². The van der Waals surface area contributed by atoms with Crippen LogP contribution in [-0.2, 0) is 0 Å². The Morgan fingerprint density at radius 2 is 2.25 bits per heavy atom. The summed E-state index contributed by atoms with van der Waals surface area (Å²) in [7, 11) is 1.99. The number of nitrogens with zero attached hydrogens (tertiary/aromatic N) is 3. The molecule has 0 aliphatic carbocycles. The van der Waals surface area contributed by atoms with Gasteiger partial charge in [-0.3, -0.25) is 0 Å². The van der Waals surface area contributed by atoms with E-state index in [0.717, 1.165) is 12.4 Å². The molecule has 3 N–H and O–H groups in total. The van der Waals surface area contributed by atoms with Crippen LogP contribution in [0.2, 0.25) is 0 Å². The lowest BCUT2D eigenvalue weighted by Crippen LogP contribution is -2.23. The molecule has 0 unspecified atom stereocenters. The number of aromatic nitrogens is 1. The molecular weight excluding hydrogens is 204 g/mol. The molecule has 1 heterocycles. The molecule has 0 amide bonds. The molecule has 0 bridgehead atoms. The zero-order valence-corrected chi connectivity index (χ0v) is 9.88. The smallest absolute Gasteiger partial charge is 0.171 e. The Bertz CT molecular complexity index is 359. The average molecular weight is 222 g/mol. The van der Waals surface area contributed by atoms with Crippen molar-refractivity contribution in [1.82, 2.24) is 4.98 Å². The molecule has 0 aliphatic rings. The summed E-state index contributed by atoms with van der Waals surface area (Å²) < 4.78 is 0. The minimum Gasteiger partial charge on any atom is -0.409 e. The Morgan fingerprint density at radius 3 is 2.69 bits per heavy atom. The van der Waals surface area contributed by atoms with E-state index >= 15 is 0 Å². The van der Waals surface area contributed by atoms with Gasteiger partial charge in [-0.05, 0) is 18.1 Å². The van der Waals surface area contributed by atoms with Crippen molar-refractivity contribution in [3.8, 4) is 0 Å². The number of oxime groups is 1. The highest BCUT2D eigenvalue weighted by Gasteiger charge is 2.05. The number of pyridine rings is 1. The van der Waals surface area contributed by atoms with E-state index in [4.69, 9.17) is 10.9 Å². The molecular formula is C11H18N4O. The van der Waals surface area contributed by atoms with Crippen molar-refractivity contribution in [3.63, 3.8) is 0 Å². The monoisotopic (exact) mass is 222 g/mol. The molecule has 0 spiro atoms. The quantitative estimate of drug-likeness (QED) is 0.348. The first-order valence-corrected chi connectivity index (χ1v) is 5.19. The summed E-state index contributed by atoms with van der Waals surface area (Å²) in [5.41, 5.74) is 6.06. The predicted octanol–water partition coefficient (Wildman–Crippen LogP) is 1.27. The van der Waals surface area contributed by atoms with Crippen molar-refractivity contribution in [2.45, 2.75) is 13.8 Å². The number of anilines is 1. The first-order chi connectivity index (χ1) is 7.54. The number of amidine groups is 1. The second-order valence-corrected chi connectivity index (χ2v) is 4.16. The SMILES string of the molecule is CC(C)CN(C)c1ccc(/C(N)=N/O)cn1. The van der Waals surface area contributed by atoms with E-state index in [1.54, 1.807) is 12.3 Å². The fourth-order valence-electron chi connectivity index (χ4n) is 1.46. The number of hydrogen-bond donors (Lipinski definition) is 2. The maximum Gasteiger partial charge on any atom is 0.171 e. The van der Waals surface area contributed by atoms with Gasteiger partial charge in [0, 0.05) is 25.4 Å². The van der Waals surface area contributed by atoms with Crippen LogP contribution >= 0.6 is 0 Å². The van der Waals surface area contributed by atoms with E-state index in [1.807, 2.05) is 13.1 Å². The molecule has 1 aromatic rings. The lowest BCUT2D eigenvalue weighted by atomic mass is 10.2. The van der Waals surface area contributed by atoms with Gasteiger partial charge in [-0.1, -0.05) is 19.0 Å². The zero-order chi connectivity index (χ0) is 12.1. The van der Waals surface area contributed by atoms with Gasteiger partial charge in [-0.2, -0.15) is 0 Å². The van der Waals surface area contributed by atoms with Crippen molar-refractivity contribution in [2.24, 2.45) is 16.8 Å². The highest BCUT2D eigenvalue weighted by Crippen LogP contribution is 2.11. The van der Waals surface area contributed by atoms with E-state index < -0.39 is 0 Å². The second kappa shape index (κ2) is 5.34. The Labute approximate surface area is 95.6 Å². The summed E-state index contributed by atoms with van der Waals surface area (Å²) in [6.07, 6.45) is 1.60. The summed E-state index contributed by atoms with van der Waals surface area (Å²) >= 11 is 0. The van der Waals surface area contributed by atoms with Gasteiger partial charge in [0.25, 0.3) is 0 Å². The minimum absolute atomic E-state index is 0.0746. The van der Waals surface area contributed by atoms with Crippen LogP contribution in [0.4, 0.5) is 5.82 Å². The normalized spacial score (nSPS) is 11.9. The summed E-state index contributed by atoms with van der Waals surface area (Å²) in [4.78, 5) is 6.32. The predicted molar refractivity (Wildman–Crippen MR) is 64.9 cm³/mol. The Kier molecular flexibility index (Phi) is 4.10. The Balaban J connectivity index is 2.78. The lowest BCUT2D eigenvalue weighted by molar-refractivity contribution is 0.318. The van der Waals surface area contributed by atoms with Crippen molar-refractivity contribution in [3.05, 3.63) is 23.9 Å². The number of rotatable bonds is 4. The van der Waals surface area contributed by atoms with E-state index in [-0.39, 0.29) is 5.84 Å². The van der Waals surface area contributed by atoms with Gasteiger partial charge in [0.1, 0.15) is 5.82 Å². The van der Waals surface area contributed by atoms with Crippen LogP contribution in [0.3, 0.4) is 0 Å². The van der Waals surface area contributed by atoms with Crippen LogP contribution in [0.1, 0.15) is 19.4 Å². The van der Waals surface area contributed by atoms with Gasteiger partial charge in [-0.25, -0.2) is 4.98 Å². The Hall–Kier alpha value is -1.78. The molecule has 5 nitrogen and oxygen atoms in total. The third-order valence-corrected chi connectivity index (χ3v) is 2.18. The first-order valence-electron chi connectivity index (χ1n) is 5.19. The highest BCUT2D eigenvalue weighted by atomic mass is 16.4. The van der Waals surface area contributed by atoms with E-state index in [2.05, 4.69) is 28.9 Å². The molecule has 1 rings (SSSR count). The van der Waals surface area contributed by atoms with Crippen molar-refractivity contribution < 1.29 is 5.21 Å². The summed E-state index contributed by atoms with van der Waals surface area (Å²) in [5, 5.41) is 11.4. The largest absolute Gasteiger partial charge is 0.409 e. The summed E-state index contributed by atoms with van der Waals surface area (Å²) in [5.74, 6) is 1.53. The van der Waals surface area contributed by atoms with Gasteiger partial charge in [-0.15, -0.1) is 0 Å². The third kappa shape index (κ3) is 3.12. The molecule has 0 aliphatic heterocycles. The summed E-state index contributed by atoms with van der Waals surface area (Å²) in [6.45, 7) is 5.25. The zero-order valence-electron chi connectivity index (χ0n) is 9.88. The number of nitrogens with two attached hydrogens (primary N) is 1. The molecule has 5 heteroatoms. The molecule has 0 radical (unpaired) electrons. The standard InChI is InChI=1S/C11H18N4O/c1-8(2)7-15(3)10-5-4-9(6-13-10)11(12)14-16/h4-6,8,16H,7H2,1-3H3,(H2,12,14). The van der Waals surface area contributed by atoms with Crippen molar-refractivity contribution >= 4 is 11.7 Å². The minimum atomic E-state index is 0.0746. The lowest BCUT2D eigenvalue weighted by Gasteiger charge is -2.20. The Morgan fingerprint density at radius 1 is 1.56 bits per heavy atom. The van der Waals surface area contributed by atoms with Gasteiger partial charge in [0.15, 0.2) is 5.84 Å². The van der Waals surface area contributed by atoms with Gasteiger partial charge in [0.2, 0.25) is 0 Å². The molecule has 0 atom stereocenters. The first kappa shape index (κ1) is 12.3. The summed E-state index contributed by atoms with van der Waals surface area (Å²) in [6, 6.07) is 3.64. The molecule has 0 saturated carbocycles. The van der Waals surface area contributed by atoms with Crippen LogP contribution in [0.5, 0.6) is 0 Å². The molecule has 1 aromatic heterocycles. The number of hydrogen-bond acceptors (Lipinski definition) is 4. The van der Waals surface area contributed by atoms with Gasteiger partial charge < -0.3 is 15.8 Å². The van der Waals surface area contributed by atoms with Crippen LogP contribution in [-0.4, -0.2) is 29.6 Å². The topological polar surface area (TPSA) is 74.7 Å². The highest BCUT2D eigenvalue weighted by molar-refractivity contribution is 5.96. The maximum absolute atomic E-state index is 8.51. The van der Waals surface area contributed by atoms with Crippen LogP contribution < -0.4 is 10.6 Å². The second-order valence-electron chi connectivity index (χ2n) is 4.16. The van der Waals surface area contributed by atoms with Gasteiger partial charge >= 0.3 is 0 Å². The van der Waals surface area contributed by atoms with Crippen LogP contribution in [0.15, 0.2) is 23.5 Å². The van der Waals surface area contributed by atoms with E-state index in [1.165, 1.54) is 0 Å². The third-order valence-electron chi connectivity index (χ3n) is 2.18. The molecule has 0 aromatic carbocycles.